The normalized spacial score (nSPS) is 14.0. The molecule has 20 radical (unpaired) electrons. The number of rotatable bonds is 28. The summed E-state index contributed by atoms with van der Waals surface area (Å²) in [4.78, 5) is 72.4. The van der Waals surface area contributed by atoms with Gasteiger partial charge in [-0.1, -0.05) is 125 Å². The molecule has 0 atom stereocenters. The van der Waals surface area contributed by atoms with Gasteiger partial charge in [-0.2, -0.15) is 5.10 Å². The molecule has 5 N–H and O–H groups in total. The van der Waals surface area contributed by atoms with Gasteiger partial charge in [0.1, 0.15) is 53.1 Å². The first-order chi connectivity index (χ1) is 53.2. The number of fused-ring (bicyclic) bond motifs is 20. The number of ether oxygens (including phenoxy) is 7. The number of ketones is 1. The number of carbonyl (C=O) groups excluding carboxylic acids is 3. The summed E-state index contributed by atoms with van der Waals surface area (Å²) in [6.45, 7) is 2.59. The molecule has 6 aliphatic rings. The fraction of sp³-hybridized carbons (Fsp3) is 0.167. The third kappa shape index (κ3) is 27.6. The van der Waals surface area contributed by atoms with Crippen molar-refractivity contribution in [3.8, 4) is 62.8 Å². The van der Waals surface area contributed by atoms with Crippen LogP contribution in [0.15, 0.2) is 157 Å². The Kier molecular flexibility index (Phi) is 38.8. The number of hydrogen-bond donors (Lipinski definition) is 5. The summed E-state index contributed by atoms with van der Waals surface area (Å²) in [6, 6.07) is 43.8. The zero-order valence-electron chi connectivity index (χ0n) is 60.2. The maximum absolute atomic E-state index is 12.1. The molecule has 0 unspecified atom stereocenters. The van der Waals surface area contributed by atoms with E-state index in [9.17, 15) is 19.5 Å². The molecule has 3 aromatic heterocycles. The first kappa shape index (κ1) is 88.4. The number of methoxy groups -OCH3 is 1. The average Bonchev–Trinajstić information content (AvgIpc) is 1.60. The molecule has 560 valence electrons. The van der Waals surface area contributed by atoms with Crippen LogP contribution >= 0.6 is 21.6 Å². The molecule has 5 heterocycles. The Bertz CT molecular complexity index is 4270. The average molecular weight is 1620 g/mol. The third-order valence-electron chi connectivity index (χ3n) is 15.8. The number of nitrogens with zero attached hydrogens (tertiary/aromatic N) is 7. The van der Waals surface area contributed by atoms with Crippen LogP contribution in [0.5, 0.6) is 17.2 Å². The van der Waals surface area contributed by atoms with E-state index in [1.165, 1.54) is 16.9 Å². The molecule has 111 heavy (non-hydrogen) atoms. The fourth-order valence-electron chi connectivity index (χ4n) is 10.7. The third-order valence-corrected chi connectivity index (χ3v) is 18.1. The predicted molar refractivity (Wildman–Crippen MR) is 428 cm³/mol. The SMILES string of the molecule is COCCOCCOCCOc1cc(CO)cc(OCC(=O)N/N=C/[C]2[CH][CH][CH][CH]2)c1.O=C(COc1ccc(C(=O)/C=C/[C]2[CH][CH][CH][CH]2)cc1)OCCSSCCO.[CH]1[CH][CH][CH][CH]1.[CH]1[CH][CH][CH][CH]1.[Fe+2].[Fe+2].[Si+4].c1ccc2c(c1)-c1nc-2nc2[nH]c(nc3nc(nc4[nH]c(n1)c1ccccc41)-c1ccccc1-3)c1ccccc21. The van der Waals surface area contributed by atoms with Crippen LogP contribution in [-0.4, -0.2) is 170 Å². The molecule has 0 spiro atoms. The van der Waals surface area contributed by atoms with Gasteiger partial charge in [-0.25, -0.2) is 40.1 Å². The van der Waals surface area contributed by atoms with Crippen molar-refractivity contribution in [3.63, 3.8) is 0 Å². The maximum Gasteiger partial charge on any atom is 4.00 e. The van der Waals surface area contributed by atoms with Crippen molar-refractivity contribution in [2.75, 3.05) is 84.7 Å². The largest absolute Gasteiger partial charge is 4.00 e. The fourth-order valence-corrected chi connectivity index (χ4v) is 12.2. The van der Waals surface area contributed by atoms with Crippen LogP contribution in [0, 0.1) is 127 Å². The van der Waals surface area contributed by atoms with Crippen LogP contribution < -0.4 is 19.6 Å². The number of H-pyrrole nitrogens is 2. The predicted octanol–water partition coefficient (Wildman–Crippen LogP) is 12.8. The molecule has 27 heteroatoms. The number of esters is 1. The van der Waals surface area contributed by atoms with Crippen LogP contribution in [0.1, 0.15) is 15.9 Å². The molecule has 4 fully saturated rings. The van der Waals surface area contributed by atoms with Crippen LogP contribution in [-0.2, 0) is 69.3 Å². The van der Waals surface area contributed by atoms with Crippen LogP contribution in [0.25, 0.3) is 89.7 Å². The Hall–Kier alpha value is -8.14. The van der Waals surface area contributed by atoms with Gasteiger partial charge in [-0.15, -0.1) is 0 Å². The first-order valence-electron chi connectivity index (χ1n) is 34.6. The van der Waals surface area contributed by atoms with Crippen molar-refractivity contribution in [2.45, 2.75) is 6.61 Å². The number of aromatic amines is 2. The van der Waals surface area contributed by atoms with E-state index >= 15 is 0 Å². The first-order valence-corrected chi connectivity index (χ1v) is 37.1. The minimum atomic E-state index is -0.444. The summed E-state index contributed by atoms with van der Waals surface area (Å²) in [6.07, 6.45) is 40.0. The Morgan fingerprint density at radius 2 is 0.892 bits per heavy atom. The Balaban J connectivity index is 0.000000197. The van der Waals surface area contributed by atoms with Gasteiger partial charge in [0.25, 0.3) is 5.91 Å². The van der Waals surface area contributed by atoms with Crippen molar-refractivity contribution < 1.29 is 91.9 Å². The quantitative estimate of drug-likeness (QED) is 0.00445. The van der Waals surface area contributed by atoms with Gasteiger partial charge < -0.3 is 53.3 Å². The Morgan fingerprint density at radius 1 is 0.468 bits per heavy atom. The molecule has 15 rings (SSSR count). The molecule has 6 aromatic carbocycles. The molecule has 4 saturated carbocycles. The van der Waals surface area contributed by atoms with E-state index < -0.39 is 11.9 Å². The number of benzene rings is 6. The second kappa shape index (κ2) is 48.7. The number of aromatic nitrogens is 8. The molecular formula is C84H78Fe2N10O12S2Si+8. The molecule has 1 amide bonds. The summed E-state index contributed by atoms with van der Waals surface area (Å²) in [7, 11) is 4.70. The van der Waals surface area contributed by atoms with E-state index in [0.29, 0.717) is 132 Å². The second-order valence-corrected chi connectivity index (χ2v) is 26.1. The van der Waals surface area contributed by atoms with Gasteiger partial charge in [-0.3, -0.25) is 9.59 Å². The minimum absolute atomic E-state index is 0. The molecule has 9 aromatic rings. The van der Waals surface area contributed by atoms with Crippen molar-refractivity contribution in [2.24, 2.45) is 5.10 Å². The van der Waals surface area contributed by atoms with Gasteiger partial charge in [0.2, 0.25) is 0 Å². The van der Waals surface area contributed by atoms with Crippen molar-refractivity contribution in [3.05, 3.63) is 290 Å². The van der Waals surface area contributed by atoms with Gasteiger partial charge in [-0.05, 0) is 164 Å². The summed E-state index contributed by atoms with van der Waals surface area (Å²) < 4.78 is 37.2. The summed E-state index contributed by atoms with van der Waals surface area (Å²) >= 11 is 0. The number of hydrazone groups is 1. The van der Waals surface area contributed by atoms with Crippen LogP contribution in [0.3, 0.4) is 0 Å². The summed E-state index contributed by atoms with van der Waals surface area (Å²) in [5.41, 5.74) is 10.00. The van der Waals surface area contributed by atoms with Gasteiger partial charge in [0.15, 0.2) is 42.3 Å². The molecular weight excluding hydrogens is 1540 g/mol. The van der Waals surface area contributed by atoms with E-state index in [1.54, 1.807) is 72.7 Å². The van der Waals surface area contributed by atoms with Gasteiger partial charge >= 0.3 is 51.1 Å². The number of allylic oxidation sites excluding steroid dienone is 2. The van der Waals surface area contributed by atoms with E-state index in [2.05, 4.69) is 20.5 Å². The van der Waals surface area contributed by atoms with E-state index in [4.69, 9.17) is 68.2 Å². The second-order valence-electron chi connectivity index (χ2n) is 23.4. The summed E-state index contributed by atoms with van der Waals surface area (Å²) in [5, 5.41) is 25.8. The molecule has 22 nitrogen and oxygen atoms in total. The zero-order chi connectivity index (χ0) is 74.8. The monoisotopic (exact) mass is 1620 g/mol. The molecule has 2 aliphatic heterocycles. The van der Waals surface area contributed by atoms with Crippen LogP contribution in [0.4, 0.5) is 0 Å². The zero-order valence-corrected chi connectivity index (χ0v) is 65.1. The minimum Gasteiger partial charge on any atom is -0.491 e. The molecule has 4 aliphatic carbocycles. The van der Waals surface area contributed by atoms with Crippen molar-refractivity contribution in [1.29, 1.82) is 0 Å². The number of amides is 1. The van der Waals surface area contributed by atoms with Crippen molar-refractivity contribution >= 4 is 101 Å². The van der Waals surface area contributed by atoms with Crippen LogP contribution in [0.2, 0.25) is 0 Å². The standard InChI is InChI=1S/C32H18N8.C22H29N2O7.C20H21O5S2.2C5H5.2Fe.Si/c1-2-10-18-17(9-1)25-33-26(18)38-28-21-13-5-6-14-22(21)30(35-28)40-32-24-16-8-7-15-23(24)31(36-32)39-29-20-12-4-3-11-19(20)27(34-29)37-25;1-27-6-7-28-8-9-29-10-11-30-20-12-19(16-25)13-21(14-20)31-17-22(26)24-23-15-18-4-2-3-5-18;21-11-13-26-27-14-12-24-20(23)15-25-18-8-6-17(7-9-18)19(22)10-5-16-3-1-2-4-16;2*1-2-4-5-3-1;;;/h1-16H,(H2,33,34,35,36,37,38,39,40);2-5,12-15,25H,6-11,16-17H2,1H3,(H,24,26);1-10,21H,11-15H2;2*1-5H;;;/q;;;;;2*+2;+4/b;23-15+;10-5+;;;;;. The Labute approximate surface area is 682 Å². The number of aliphatic hydroxyl groups is 2. The topological polar surface area (TPSA) is 290 Å². The number of nitrogens with one attached hydrogen (secondary N) is 3. The number of hydrogen-bond acceptors (Lipinski definition) is 21. The van der Waals surface area contributed by atoms with Crippen molar-refractivity contribution in [1.82, 2.24) is 45.3 Å². The van der Waals surface area contributed by atoms with Gasteiger partial charge in [0, 0.05) is 92.1 Å². The van der Waals surface area contributed by atoms with E-state index in [0.717, 1.165) is 55.6 Å². The number of aliphatic hydroxyl groups excluding tert-OH is 2. The van der Waals surface area contributed by atoms with E-state index in [1.807, 2.05) is 213 Å². The Morgan fingerprint density at radius 3 is 1.35 bits per heavy atom. The van der Waals surface area contributed by atoms with Gasteiger partial charge in [0.05, 0.1) is 46.2 Å². The van der Waals surface area contributed by atoms with E-state index in [-0.39, 0.29) is 77.3 Å². The smallest absolute Gasteiger partial charge is 0.491 e. The molecule has 8 bridgehead atoms. The maximum atomic E-state index is 12.1. The molecule has 0 saturated heterocycles. The number of carbonyl (C=O) groups is 3. The summed E-state index contributed by atoms with van der Waals surface area (Å²) in [5.74, 6) is 6.04.